The van der Waals surface area contributed by atoms with Gasteiger partial charge >= 0.3 is 18.2 Å². The number of nitrogens with zero attached hydrogens (tertiary/aromatic N) is 1. The lowest BCUT2D eigenvalue weighted by Crippen LogP contribution is -2.50. The Kier molecular flexibility index (Phi) is 7.62. The van der Waals surface area contributed by atoms with Crippen molar-refractivity contribution in [1.82, 2.24) is 10.2 Å². The summed E-state index contributed by atoms with van der Waals surface area (Å²) in [4.78, 5) is 36.2. The molecule has 1 rings (SSSR count). The van der Waals surface area contributed by atoms with Gasteiger partial charge in [-0.25, -0.2) is 4.79 Å². The van der Waals surface area contributed by atoms with E-state index >= 15 is 0 Å². The molecule has 0 radical (unpaired) electrons. The van der Waals surface area contributed by atoms with Crippen molar-refractivity contribution in [3.05, 3.63) is 29.8 Å². The summed E-state index contributed by atoms with van der Waals surface area (Å²) in [5.74, 6) is -1.74. The van der Waals surface area contributed by atoms with Crippen LogP contribution >= 0.6 is 0 Å². The van der Waals surface area contributed by atoms with Crippen LogP contribution in [0.25, 0.3) is 0 Å². The number of rotatable bonds is 7. The molecule has 3 N–H and O–H groups in total. The van der Waals surface area contributed by atoms with Gasteiger partial charge in [0, 0.05) is 12.7 Å². The number of aliphatic carboxylic acids is 1. The van der Waals surface area contributed by atoms with Crippen LogP contribution in [0, 0.1) is 5.92 Å². The number of hydrogen-bond donors (Lipinski definition) is 3. The second-order valence-electron chi connectivity index (χ2n) is 6.44. The number of halogens is 3. The van der Waals surface area contributed by atoms with Crippen molar-refractivity contribution in [3.8, 4) is 0 Å². The van der Waals surface area contributed by atoms with Gasteiger partial charge in [-0.15, -0.1) is 0 Å². The van der Waals surface area contributed by atoms with Gasteiger partial charge in [0.2, 0.25) is 5.91 Å². The molecule has 0 bridgehead atoms. The topological polar surface area (TPSA) is 98.7 Å². The molecule has 0 aliphatic heterocycles. The van der Waals surface area contributed by atoms with Crippen LogP contribution in [0.1, 0.15) is 25.8 Å². The van der Waals surface area contributed by atoms with Crippen molar-refractivity contribution in [2.75, 3.05) is 18.9 Å². The van der Waals surface area contributed by atoms with Gasteiger partial charge in [0.25, 0.3) is 0 Å². The summed E-state index contributed by atoms with van der Waals surface area (Å²) in [6.45, 7) is 3.13. The average molecular weight is 389 g/mol. The van der Waals surface area contributed by atoms with E-state index in [4.69, 9.17) is 5.11 Å². The fourth-order valence-corrected chi connectivity index (χ4v) is 2.31. The van der Waals surface area contributed by atoms with E-state index in [1.54, 1.807) is 0 Å². The van der Waals surface area contributed by atoms with Crippen LogP contribution in [0.5, 0.6) is 0 Å². The molecule has 0 aromatic heterocycles. The highest BCUT2D eigenvalue weighted by Gasteiger charge is 2.30. The van der Waals surface area contributed by atoms with Crippen LogP contribution in [0.15, 0.2) is 24.3 Å². The fourth-order valence-electron chi connectivity index (χ4n) is 2.31. The van der Waals surface area contributed by atoms with Gasteiger partial charge in [-0.1, -0.05) is 13.8 Å². The lowest BCUT2D eigenvalue weighted by Gasteiger charge is -2.24. The molecule has 1 unspecified atom stereocenters. The first kappa shape index (κ1) is 22.3. The van der Waals surface area contributed by atoms with Crippen LogP contribution in [0.4, 0.5) is 23.7 Å². The zero-order valence-electron chi connectivity index (χ0n) is 15.1. The van der Waals surface area contributed by atoms with Gasteiger partial charge in [-0.3, -0.25) is 9.59 Å². The first-order valence-electron chi connectivity index (χ1n) is 8.11. The van der Waals surface area contributed by atoms with Gasteiger partial charge < -0.3 is 20.6 Å². The van der Waals surface area contributed by atoms with E-state index in [0.29, 0.717) is 0 Å². The number of carbonyl (C=O) groups is 3. The molecule has 10 heteroatoms. The number of anilines is 1. The molecule has 1 aromatic rings. The third-order valence-electron chi connectivity index (χ3n) is 3.53. The van der Waals surface area contributed by atoms with E-state index in [9.17, 15) is 27.6 Å². The molecule has 3 amide bonds. The summed E-state index contributed by atoms with van der Waals surface area (Å²) in [6, 6.07) is 2.09. The van der Waals surface area contributed by atoms with Gasteiger partial charge in [0.15, 0.2) is 0 Å². The zero-order chi connectivity index (χ0) is 20.8. The molecular formula is C17H22F3N3O4. The molecule has 1 atom stereocenters. The number of carbonyl (C=O) groups excluding carboxylic acids is 2. The Labute approximate surface area is 154 Å². The maximum absolute atomic E-state index is 12.5. The summed E-state index contributed by atoms with van der Waals surface area (Å²) in [6.07, 6.45) is -4.21. The maximum Gasteiger partial charge on any atom is 0.416 e. The smallest absolute Gasteiger partial charge is 0.416 e. The van der Waals surface area contributed by atoms with Crippen molar-refractivity contribution < 1.29 is 32.7 Å². The molecule has 0 spiro atoms. The van der Waals surface area contributed by atoms with Crippen LogP contribution in [0.2, 0.25) is 0 Å². The molecular weight excluding hydrogens is 367 g/mol. The van der Waals surface area contributed by atoms with Crippen molar-refractivity contribution >= 4 is 23.6 Å². The number of carboxylic acid groups (broad SMARTS) is 1. The second-order valence-corrected chi connectivity index (χ2v) is 6.44. The third kappa shape index (κ3) is 7.55. The number of likely N-dealkylation sites (N-methyl/N-ethyl adjacent to an activating group) is 1. The molecule has 0 saturated carbocycles. The molecule has 0 fully saturated rings. The Hall–Kier alpha value is -2.78. The standard InChI is InChI=1S/C17H22F3N3O4/c1-10(2)8-13(15(26)23(3)9-14(24)25)22-16(27)21-12-6-4-11(5-7-12)17(18,19)20/h4-7,10,13H,8-9H2,1-3H3,(H,24,25)(H2,21,22,27). The lowest BCUT2D eigenvalue weighted by molar-refractivity contribution is -0.144. The maximum atomic E-state index is 12.5. The first-order valence-corrected chi connectivity index (χ1v) is 8.11. The number of nitrogens with one attached hydrogen (secondary N) is 2. The normalized spacial score (nSPS) is 12.4. The zero-order valence-corrected chi connectivity index (χ0v) is 15.1. The minimum atomic E-state index is -4.48. The minimum Gasteiger partial charge on any atom is -0.480 e. The third-order valence-corrected chi connectivity index (χ3v) is 3.53. The Morgan fingerprint density at radius 1 is 1.15 bits per heavy atom. The van der Waals surface area contributed by atoms with Crippen LogP contribution in [-0.2, 0) is 15.8 Å². The number of amides is 3. The van der Waals surface area contributed by atoms with Crippen molar-refractivity contribution in [2.45, 2.75) is 32.5 Å². The summed E-state index contributed by atoms with van der Waals surface area (Å²) in [7, 11) is 1.30. The van der Waals surface area contributed by atoms with E-state index in [2.05, 4.69) is 10.6 Å². The van der Waals surface area contributed by atoms with E-state index in [1.165, 1.54) is 7.05 Å². The van der Waals surface area contributed by atoms with Crippen LogP contribution < -0.4 is 10.6 Å². The number of urea groups is 1. The first-order chi connectivity index (χ1) is 12.4. The van der Waals surface area contributed by atoms with E-state index in [1.807, 2.05) is 13.8 Å². The quantitative estimate of drug-likeness (QED) is 0.668. The van der Waals surface area contributed by atoms with Crippen LogP contribution in [-0.4, -0.2) is 47.5 Å². The summed E-state index contributed by atoms with van der Waals surface area (Å²) in [5, 5.41) is 13.6. The molecule has 7 nitrogen and oxygen atoms in total. The molecule has 0 aliphatic rings. The van der Waals surface area contributed by atoms with Gasteiger partial charge in [0.1, 0.15) is 12.6 Å². The molecule has 1 aromatic carbocycles. The van der Waals surface area contributed by atoms with Crippen molar-refractivity contribution in [1.29, 1.82) is 0 Å². The average Bonchev–Trinajstić information content (AvgIpc) is 2.52. The molecule has 150 valence electrons. The summed E-state index contributed by atoms with van der Waals surface area (Å²) in [5.41, 5.74) is -0.730. The number of carboxylic acids is 1. The molecule has 0 aliphatic carbocycles. The minimum absolute atomic E-state index is 0.0311. The van der Waals surface area contributed by atoms with Crippen molar-refractivity contribution in [3.63, 3.8) is 0 Å². The predicted molar refractivity (Wildman–Crippen MR) is 92.1 cm³/mol. The van der Waals surface area contributed by atoms with Gasteiger partial charge in [-0.05, 0) is 36.6 Å². The van der Waals surface area contributed by atoms with Gasteiger partial charge in [0.05, 0.1) is 5.56 Å². The Balaban J connectivity index is 2.78. The SMILES string of the molecule is CC(C)CC(NC(=O)Nc1ccc(C(F)(F)F)cc1)C(=O)N(C)CC(=O)O. The highest BCUT2D eigenvalue weighted by Crippen LogP contribution is 2.29. The van der Waals surface area contributed by atoms with E-state index < -0.39 is 42.2 Å². The Bertz CT molecular complexity index is 675. The van der Waals surface area contributed by atoms with Crippen LogP contribution in [0.3, 0.4) is 0 Å². The Morgan fingerprint density at radius 3 is 2.15 bits per heavy atom. The Morgan fingerprint density at radius 2 is 1.70 bits per heavy atom. The van der Waals surface area contributed by atoms with E-state index in [-0.39, 0.29) is 18.0 Å². The van der Waals surface area contributed by atoms with Gasteiger partial charge in [-0.2, -0.15) is 13.2 Å². The highest BCUT2D eigenvalue weighted by molar-refractivity contribution is 5.94. The van der Waals surface area contributed by atoms with E-state index in [0.717, 1.165) is 29.2 Å². The molecule has 0 saturated heterocycles. The number of alkyl halides is 3. The monoisotopic (exact) mass is 389 g/mol. The number of benzene rings is 1. The largest absolute Gasteiger partial charge is 0.480 e. The summed E-state index contributed by atoms with van der Waals surface area (Å²) < 4.78 is 37.6. The lowest BCUT2D eigenvalue weighted by atomic mass is 10.0. The summed E-state index contributed by atoms with van der Waals surface area (Å²) >= 11 is 0. The fraction of sp³-hybridized carbons (Fsp3) is 0.471. The number of hydrogen-bond acceptors (Lipinski definition) is 3. The van der Waals surface area contributed by atoms with Crippen molar-refractivity contribution in [2.24, 2.45) is 5.92 Å². The molecule has 27 heavy (non-hydrogen) atoms. The second kappa shape index (κ2) is 9.24. The highest BCUT2D eigenvalue weighted by atomic mass is 19.4. The predicted octanol–water partition coefficient (Wildman–Crippen LogP) is 2.78. The molecule has 0 heterocycles.